The molecular formula is C29H39FO3. The van der Waals surface area contributed by atoms with Crippen LogP contribution in [0.25, 0.3) is 0 Å². The van der Waals surface area contributed by atoms with Crippen LogP contribution in [0, 0.1) is 11.7 Å². The third-order valence-corrected chi connectivity index (χ3v) is 6.62. The Morgan fingerprint density at radius 3 is 2.39 bits per heavy atom. The number of hydrogen-bond donors (Lipinski definition) is 0. The molecule has 0 heterocycles. The summed E-state index contributed by atoms with van der Waals surface area (Å²) in [7, 11) is 0. The van der Waals surface area contributed by atoms with Crippen molar-refractivity contribution in [2.45, 2.75) is 90.4 Å². The Hall–Kier alpha value is -2.36. The van der Waals surface area contributed by atoms with E-state index >= 15 is 0 Å². The van der Waals surface area contributed by atoms with Gasteiger partial charge in [0.05, 0.1) is 12.2 Å². The molecule has 1 aliphatic rings. The SMILES string of the molecule is CCCCCCCCOc1ccc(C(=O)Oc2ccc(CCC3CCCCC3)cc2)cc1F. The smallest absolute Gasteiger partial charge is 0.343 e. The molecule has 1 fully saturated rings. The summed E-state index contributed by atoms with van der Waals surface area (Å²) in [5, 5.41) is 0. The fourth-order valence-corrected chi connectivity index (χ4v) is 4.55. The number of hydrogen-bond acceptors (Lipinski definition) is 3. The summed E-state index contributed by atoms with van der Waals surface area (Å²) in [4.78, 5) is 12.5. The van der Waals surface area contributed by atoms with Crippen LogP contribution in [0.15, 0.2) is 42.5 Å². The fourth-order valence-electron chi connectivity index (χ4n) is 4.55. The second-order valence-corrected chi connectivity index (χ2v) is 9.34. The molecule has 0 radical (unpaired) electrons. The summed E-state index contributed by atoms with van der Waals surface area (Å²) in [5.74, 6) is 0.413. The summed E-state index contributed by atoms with van der Waals surface area (Å²) >= 11 is 0. The van der Waals surface area contributed by atoms with Crippen LogP contribution >= 0.6 is 0 Å². The highest BCUT2D eigenvalue weighted by molar-refractivity contribution is 5.91. The number of unbranched alkanes of at least 4 members (excludes halogenated alkanes) is 5. The lowest BCUT2D eigenvalue weighted by molar-refractivity contribution is 0.0734. The maximum absolute atomic E-state index is 14.4. The highest BCUT2D eigenvalue weighted by Gasteiger charge is 2.14. The Kier molecular flexibility index (Phi) is 10.7. The van der Waals surface area contributed by atoms with Gasteiger partial charge in [0.1, 0.15) is 5.75 Å². The molecule has 2 aromatic carbocycles. The molecule has 1 saturated carbocycles. The Morgan fingerprint density at radius 1 is 0.939 bits per heavy atom. The predicted molar refractivity (Wildman–Crippen MR) is 132 cm³/mol. The van der Waals surface area contributed by atoms with Gasteiger partial charge in [0.15, 0.2) is 11.6 Å². The van der Waals surface area contributed by atoms with Gasteiger partial charge >= 0.3 is 5.97 Å². The van der Waals surface area contributed by atoms with E-state index in [0.29, 0.717) is 12.4 Å². The van der Waals surface area contributed by atoms with Gasteiger partial charge in [0.25, 0.3) is 0 Å². The third kappa shape index (κ3) is 8.83. The van der Waals surface area contributed by atoms with Crippen LogP contribution < -0.4 is 9.47 Å². The molecule has 0 amide bonds. The topological polar surface area (TPSA) is 35.5 Å². The molecule has 0 N–H and O–H groups in total. The third-order valence-electron chi connectivity index (χ3n) is 6.62. The summed E-state index contributed by atoms with van der Waals surface area (Å²) < 4.78 is 25.4. The summed E-state index contributed by atoms with van der Waals surface area (Å²) in [6.07, 6.45) is 16.0. The van der Waals surface area contributed by atoms with E-state index < -0.39 is 11.8 Å². The second kappa shape index (κ2) is 14.0. The molecule has 3 rings (SSSR count). The average Bonchev–Trinajstić information content (AvgIpc) is 2.84. The molecule has 0 atom stereocenters. The second-order valence-electron chi connectivity index (χ2n) is 9.34. The van der Waals surface area contributed by atoms with Crippen LogP contribution in [0.5, 0.6) is 11.5 Å². The van der Waals surface area contributed by atoms with Gasteiger partial charge in [-0.15, -0.1) is 0 Å². The zero-order valence-corrected chi connectivity index (χ0v) is 20.1. The van der Waals surface area contributed by atoms with Crippen molar-refractivity contribution in [2.75, 3.05) is 6.61 Å². The standard InChI is InChI=1S/C29H39FO3/c1-2-3-4-5-6-10-21-32-28-20-17-25(22-27(28)30)29(31)33-26-18-15-24(16-19-26)14-13-23-11-8-7-9-12-23/h15-20,22-23H,2-14,21H2,1H3. The van der Waals surface area contributed by atoms with Crippen molar-refractivity contribution >= 4 is 5.97 Å². The minimum Gasteiger partial charge on any atom is -0.491 e. The quantitative estimate of drug-likeness (QED) is 0.173. The molecule has 0 unspecified atom stereocenters. The molecule has 1 aliphatic carbocycles. The first-order valence-corrected chi connectivity index (χ1v) is 12.9. The molecule has 0 spiro atoms. The van der Waals surface area contributed by atoms with Crippen molar-refractivity contribution < 1.29 is 18.7 Å². The predicted octanol–water partition coefficient (Wildman–Crippen LogP) is 8.30. The maximum atomic E-state index is 14.4. The number of carbonyl (C=O) groups is 1. The van der Waals surface area contributed by atoms with Crippen LogP contribution in [0.4, 0.5) is 4.39 Å². The lowest BCUT2D eigenvalue weighted by Gasteiger charge is -2.21. The largest absolute Gasteiger partial charge is 0.491 e. The van der Waals surface area contributed by atoms with Crippen LogP contribution in [0.3, 0.4) is 0 Å². The molecule has 0 bridgehead atoms. The highest BCUT2D eigenvalue weighted by atomic mass is 19.1. The first-order chi connectivity index (χ1) is 16.2. The first kappa shape index (κ1) is 25.3. The highest BCUT2D eigenvalue weighted by Crippen LogP contribution is 2.28. The fraction of sp³-hybridized carbons (Fsp3) is 0.552. The minimum atomic E-state index is -0.564. The van der Waals surface area contributed by atoms with E-state index in [1.165, 1.54) is 81.9 Å². The minimum absolute atomic E-state index is 0.181. The lowest BCUT2D eigenvalue weighted by atomic mass is 9.85. The summed E-state index contributed by atoms with van der Waals surface area (Å²) in [6, 6.07) is 11.9. The van der Waals surface area contributed by atoms with E-state index in [-0.39, 0.29) is 11.3 Å². The molecular weight excluding hydrogens is 415 g/mol. The van der Waals surface area contributed by atoms with Crippen molar-refractivity contribution in [3.05, 3.63) is 59.4 Å². The van der Waals surface area contributed by atoms with Gasteiger partial charge in [0.2, 0.25) is 0 Å². The number of ether oxygens (including phenoxy) is 2. The Balaban J connectivity index is 1.42. The van der Waals surface area contributed by atoms with E-state index in [2.05, 4.69) is 6.92 Å². The molecule has 33 heavy (non-hydrogen) atoms. The van der Waals surface area contributed by atoms with Crippen molar-refractivity contribution in [1.82, 2.24) is 0 Å². The van der Waals surface area contributed by atoms with Crippen LogP contribution in [0.2, 0.25) is 0 Å². The lowest BCUT2D eigenvalue weighted by Crippen LogP contribution is -2.09. The normalized spacial score (nSPS) is 14.2. The van der Waals surface area contributed by atoms with E-state index in [0.717, 1.165) is 25.2 Å². The monoisotopic (exact) mass is 454 g/mol. The molecule has 2 aromatic rings. The van der Waals surface area contributed by atoms with Crippen molar-refractivity contribution in [3.63, 3.8) is 0 Å². The van der Waals surface area contributed by atoms with Gasteiger partial charge < -0.3 is 9.47 Å². The van der Waals surface area contributed by atoms with E-state index in [1.807, 2.05) is 24.3 Å². The van der Waals surface area contributed by atoms with Gasteiger partial charge in [-0.05, 0) is 61.1 Å². The number of rotatable bonds is 13. The van der Waals surface area contributed by atoms with E-state index in [9.17, 15) is 9.18 Å². The number of aryl methyl sites for hydroxylation is 1. The summed E-state index contributed by atoms with van der Waals surface area (Å²) in [6.45, 7) is 2.68. The van der Waals surface area contributed by atoms with E-state index in [1.54, 1.807) is 6.07 Å². The molecule has 0 aliphatic heterocycles. The van der Waals surface area contributed by atoms with Crippen molar-refractivity contribution in [1.29, 1.82) is 0 Å². The van der Waals surface area contributed by atoms with E-state index in [4.69, 9.17) is 9.47 Å². The van der Waals surface area contributed by atoms with Crippen LogP contribution in [0.1, 0.15) is 99.9 Å². The Bertz CT molecular complexity index is 840. The molecule has 0 aromatic heterocycles. The van der Waals surface area contributed by atoms with Crippen molar-refractivity contribution in [3.8, 4) is 11.5 Å². The average molecular weight is 455 g/mol. The van der Waals surface area contributed by atoms with Crippen molar-refractivity contribution in [2.24, 2.45) is 5.92 Å². The molecule has 0 saturated heterocycles. The maximum Gasteiger partial charge on any atom is 0.343 e. The number of benzene rings is 2. The molecule has 4 heteroatoms. The molecule has 180 valence electrons. The Morgan fingerprint density at radius 2 is 1.67 bits per heavy atom. The summed E-state index contributed by atoms with van der Waals surface area (Å²) in [5.41, 5.74) is 1.44. The zero-order chi connectivity index (χ0) is 23.3. The zero-order valence-electron chi connectivity index (χ0n) is 20.1. The van der Waals surface area contributed by atoms with Crippen LogP contribution in [-0.4, -0.2) is 12.6 Å². The number of carbonyl (C=O) groups excluding carboxylic acids is 1. The number of halogens is 1. The molecule has 3 nitrogen and oxygen atoms in total. The van der Waals surface area contributed by atoms with Gasteiger partial charge in [0, 0.05) is 0 Å². The van der Waals surface area contributed by atoms with Gasteiger partial charge in [-0.1, -0.05) is 83.3 Å². The van der Waals surface area contributed by atoms with Crippen LogP contribution in [-0.2, 0) is 6.42 Å². The number of esters is 1. The van der Waals surface area contributed by atoms with Gasteiger partial charge in [-0.25, -0.2) is 9.18 Å². The van der Waals surface area contributed by atoms with Gasteiger partial charge in [-0.3, -0.25) is 0 Å². The van der Waals surface area contributed by atoms with Gasteiger partial charge in [-0.2, -0.15) is 0 Å². The first-order valence-electron chi connectivity index (χ1n) is 12.9. The Labute approximate surface area is 198 Å².